The maximum atomic E-state index is 12.2. The lowest BCUT2D eigenvalue weighted by Gasteiger charge is -2.27. The first-order valence-corrected chi connectivity index (χ1v) is 6.29. The summed E-state index contributed by atoms with van der Waals surface area (Å²) in [5.74, 6) is -1.58. The molecule has 0 atom stereocenters. The van der Waals surface area contributed by atoms with Gasteiger partial charge in [-0.15, -0.1) is 6.58 Å². The summed E-state index contributed by atoms with van der Waals surface area (Å²) in [5.41, 5.74) is -1.47. The summed E-state index contributed by atoms with van der Waals surface area (Å²) < 4.78 is 9.46. The summed E-state index contributed by atoms with van der Waals surface area (Å²) in [6.45, 7) is 3.55. The fourth-order valence-corrected chi connectivity index (χ4v) is 2.34. The molecule has 7 heteroatoms. The number of esters is 2. The first-order chi connectivity index (χ1) is 9.42. The zero-order chi connectivity index (χ0) is 15.3. The van der Waals surface area contributed by atoms with E-state index in [4.69, 9.17) is 32.7 Å². The summed E-state index contributed by atoms with van der Waals surface area (Å²) in [4.78, 5) is 28.1. The van der Waals surface area contributed by atoms with Crippen molar-refractivity contribution in [2.24, 2.45) is 0 Å². The van der Waals surface area contributed by atoms with Crippen LogP contribution in [0.25, 0.3) is 0 Å². The summed E-state index contributed by atoms with van der Waals surface area (Å²) >= 11 is 11.7. The maximum absolute atomic E-state index is 12.2. The van der Waals surface area contributed by atoms with E-state index < -0.39 is 17.4 Å². The van der Waals surface area contributed by atoms with E-state index in [-0.39, 0.29) is 22.3 Å². The molecule has 0 aliphatic heterocycles. The number of halogens is 2. The van der Waals surface area contributed by atoms with Crippen LogP contribution in [-0.2, 0) is 24.5 Å². The molecule has 0 saturated heterocycles. The molecular weight excluding hydrogens is 305 g/mol. The zero-order valence-electron chi connectivity index (χ0n) is 11.0. The molecule has 0 unspecified atom stereocenters. The van der Waals surface area contributed by atoms with Gasteiger partial charge in [0.2, 0.25) is 0 Å². The third-order valence-corrected chi connectivity index (χ3v) is 3.16. The molecular formula is C13H13Cl2NO4. The number of allylic oxidation sites excluding steroid dienone is 1. The van der Waals surface area contributed by atoms with Crippen LogP contribution in [0.4, 0.5) is 0 Å². The van der Waals surface area contributed by atoms with Crippen LogP contribution in [0.3, 0.4) is 0 Å². The van der Waals surface area contributed by atoms with Crippen LogP contribution in [0, 0.1) is 0 Å². The van der Waals surface area contributed by atoms with Crippen molar-refractivity contribution >= 4 is 35.1 Å². The second-order valence-electron chi connectivity index (χ2n) is 3.88. The minimum absolute atomic E-state index is 0.0248. The molecule has 1 heterocycles. The van der Waals surface area contributed by atoms with Gasteiger partial charge in [-0.1, -0.05) is 29.3 Å². The molecule has 5 nitrogen and oxygen atoms in total. The topological polar surface area (TPSA) is 65.5 Å². The summed E-state index contributed by atoms with van der Waals surface area (Å²) in [5, 5.41) is 0.0995. The Balaban J connectivity index is 3.60. The van der Waals surface area contributed by atoms with Gasteiger partial charge in [0.15, 0.2) is 5.41 Å². The highest BCUT2D eigenvalue weighted by Gasteiger charge is 2.49. The van der Waals surface area contributed by atoms with Gasteiger partial charge >= 0.3 is 11.9 Å². The highest BCUT2D eigenvalue weighted by molar-refractivity contribution is 6.32. The van der Waals surface area contributed by atoms with Crippen LogP contribution >= 0.6 is 23.2 Å². The van der Waals surface area contributed by atoms with Crippen LogP contribution in [0.15, 0.2) is 24.8 Å². The molecule has 0 aromatic carbocycles. The van der Waals surface area contributed by atoms with Crippen LogP contribution in [0.5, 0.6) is 0 Å². The molecule has 0 aliphatic carbocycles. The van der Waals surface area contributed by atoms with Gasteiger partial charge < -0.3 is 9.47 Å². The normalized spacial score (nSPS) is 10.8. The Hall–Kier alpha value is -1.59. The molecule has 0 radical (unpaired) electrons. The van der Waals surface area contributed by atoms with Crippen molar-refractivity contribution in [1.82, 2.24) is 4.98 Å². The Morgan fingerprint density at radius 1 is 1.25 bits per heavy atom. The van der Waals surface area contributed by atoms with Gasteiger partial charge in [0.05, 0.1) is 14.2 Å². The van der Waals surface area contributed by atoms with Gasteiger partial charge in [-0.05, 0) is 24.1 Å². The van der Waals surface area contributed by atoms with Gasteiger partial charge in [-0.25, -0.2) is 4.98 Å². The van der Waals surface area contributed by atoms with Crippen molar-refractivity contribution in [3.63, 3.8) is 0 Å². The third-order valence-electron chi connectivity index (χ3n) is 2.77. The Kier molecular flexibility index (Phi) is 5.53. The lowest BCUT2D eigenvalue weighted by atomic mass is 9.78. The summed E-state index contributed by atoms with van der Waals surface area (Å²) in [6, 6.07) is 2.73. The van der Waals surface area contributed by atoms with Crippen molar-refractivity contribution in [3.05, 3.63) is 40.7 Å². The highest BCUT2D eigenvalue weighted by atomic mass is 35.5. The predicted molar refractivity (Wildman–Crippen MR) is 74.8 cm³/mol. The first-order valence-electron chi connectivity index (χ1n) is 5.53. The number of hydrogen-bond donors (Lipinski definition) is 0. The second kappa shape index (κ2) is 6.72. The minimum atomic E-state index is -1.71. The lowest BCUT2D eigenvalue weighted by molar-refractivity contribution is -0.161. The van der Waals surface area contributed by atoms with Crippen molar-refractivity contribution in [3.8, 4) is 0 Å². The number of nitrogens with zero attached hydrogens (tertiary/aromatic N) is 1. The Morgan fingerprint density at radius 3 is 2.05 bits per heavy atom. The number of pyridine rings is 1. The van der Waals surface area contributed by atoms with Crippen molar-refractivity contribution in [2.75, 3.05) is 14.2 Å². The summed E-state index contributed by atoms with van der Waals surface area (Å²) in [7, 11) is 2.35. The predicted octanol–water partition coefficient (Wildman–Crippen LogP) is 2.55. The largest absolute Gasteiger partial charge is 0.468 e. The first kappa shape index (κ1) is 16.5. The van der Waals surface area contributed by atoms with Crippen molar-refractivity contribution < 1.29 is 19.1 Å². The van der Waals surface area contributed by atoms with E-state index in [0.29, 0.717) is 0 Å². The van der Waals surface area contributed by atoms with Gasteiger partial charge in [0.25, 0.3) is 0 Å². The van der Waals surface area contributed by atoms with Crippen molar-refractivity contribution in [2.45, 2.75) is 11.8 Å². The molecule has 1 aromatic rings. The van der Waals surface area contributed by atoms with Gasteiger partial charge in [0.1, 0.15) is 10.3 Å². The quantitative estimate of drug-likeness (QED) is 0.361. The fourth-order valence-electron chi connectivity index (χ4n) is 1.88. The minimum Gasteiger partial charge on any atom is -0.468 e. The van der Waals surface area contributed by atoms with E-state index in [1.165, 1.54) is 32.4 Å². The molecule has 0 aliphatic rings. The molecule has 108 valence electrons. The lowest BCUT2D eigenvalue weighted by Crippen LogP contribution is -2.45. The molecule has 0 N–H and O–H groups in total. The van der Waals surface area contributed by atoms with Gasteiger partial charge in [0, 0.05) is 0 Å². The maximum Gasteiger partial charge on any atom is 0.328 e. The Morgan fingerprint density at radius 2 is 1.70 bits per heavy atom. The number of ether oxygens (including phenoxy) is 2. The van der Waals surface area contributed by atoms with Crippen molar-refractivity contribution in [1.29, 1.82) is 0 Å². The third kappa shape index (κ3) is 2.94. The molecule has 0 amide bonds. The number of rotatable bonds is 5. The molecule has 20 heavy (non-hydrogen) atoms. The van der Waals surface area contributed by atoms with E-state index >= 15 is 0 Å². The standard InChI is InChI=1S/C13H13Cl2NO4/c1-4-5-13(11(17)19-2,12(18)20-3)8-6-9(14)16-10(15)7-8/h4,6-7H,1,5H2,2-3H3. The summed E-state index contributed by atoms with van der Waals surface area (Å²) in [6.07, 6.45) is 1.39. The molecule has 0 saturated carbocycles. The highest BCUT2D eigenvalue weighted by Crippen LogP contribution is 2.34. The zero-order valence-corrected chi connectivity index (χ0v) is 12.5. The Labute approximate surface area is 126 Å². The van der Waals surface area contributed by atoms with Gasteiger partial charge in [-0.2, -0.15) is 0 Å². The molecule has 0 bridgehead atoms. The van der Waals surface area contributed by atoms with E-state index in [9.17, 15) is 9.59 Å². The molecule has 1 rings (SSSR count). The monoisotopic (exact) mass is 317 g/mol. The van der Waals surface area contributed by atoms with Crippen LogP contribution in [-0.4, -0.2) is 31.1 Å². The molecule has 0 fully saturated rings. The van der Waals surface area contributed by atoms with Crippen LogP contribution in [0.2, 0.25) is 10.3 Å². The molecule has 1 aromatic heterocycles. The second-order valence-corrected chi connectivity index (χ2v) is 4.66. The number of carbonyl (C=O) groups excluding carboxylic acids is 2. The van der Waals surface area contributed by atoms with E-state index in [2.05, 4.69) is 11.6 Å². The van der Waals surface area contributed by atoms with E-state index in [1.54, 1.807) is 0 Å². The number of hydrogen-bond acceptors (Lipinski definition) is 5. The van der Waals surface area contributed by atoms with Crippen LogP contribution in [0.1, 0.15) is 12.0 Å². The van der Waals surface area contributed by atoms with E-state index in [1.807, 2.05) is 0 Å². The smallest absolute Gasteiger partial charge is 0.328 e. The van der Waals surface area contributed by atoms with Crippen LogP contribution < -0.4 is 0 Å². The average Bonchev–Trinajstić information content (AvgIpc) is 2.41. The van der Waals surface area contributed by atoms with E-state index in [0.717, 1.165) is 0 Å². The SMILES string of the molecule is C=CCC(C(=O)OC)(C(=O)OC)c1cc(Cl)nc(Cl)c1. The Bertz CT molecular complexity index is 509. The number of carbonyl (C=O) groups is 2. The average molecular weight is 318 g/mol. The number of methoxy groups -OCH3 is 2. The fraction of sp³-hybridized carbons (Fsp3) is 0.308. The molecule has 0 spiro atoms. The van der Waals surface area contributed by atoms with Gasteiger partial charge in [-0.3, -0.25) is 9.59 Å². The number of aromatic nitrogens is 1.